The van der Waals surface area contributed by atoms with Crippen molar-refractivity contribution in [2.24, 2.45) is 5.92 Å². The minimum absolute atomic E-state index is 0.218. The molecule has 0 unspecified atom stereocenters. The Balaban J connectivity index is 1.49. The molecule has 0 spiro atoms. The number of aromatic nitrogens is 2. The molecule has 6 heteroatoms. The third-order valence-electron chi connectivity index (χ3n) is 3.71. The summed E-state index contributed by atoms with van der Waals surface area (Å²) in [6.07, 6.45) is 4.14. The molecule has 0 aliphatic heterocycles. The molecule has 3 rings (SSSR count). The van der Waals surface area contributed by atoms with Gasteiger partial charge in [-0.25, -0.2) is 9.48 Å². The molecule has 1 aromatic carbocycles. The molecular formula is C18H22N4O2. The van der Waals surface area contributed by atoms with Gasteiger partial charge in [0.25, 0.3) is 0 Å². The number of hydrogen-bond acceptors (Lipinski definition) is 3. The highest BCUT2D eigenvalue weighted by molar-refractivity contribution is 5.88. The fraction of sp³-hybridized carbons (Fsp3) is 0.333. The number of furan rings is 1. The predicted molar refractivity (Wildman–Crippen MR) is 94.0 cm³/mol. The Hall–Kier alpha value is -2.76. The molecule has 0 radical (unpaired) electrons. The van der Waals surface area contributed by atoms with Gasteiger partial charge in [-0.15, -0.1) is 0 Å². The Morgan fingerprint density at radius 1 is 1.29 bits per heavy atom. The highest BCUT2D eigenvalue weighted by Crippen LogP contribution is 2.17. The molecule has 0 aliphatic rings. The van der Waals surface area contributed by atoms with Crippen LogP contribution in [0.1, 0.15) is 19.4 Å². The van der Waals surface area contributed by atoms with E-state index >= 15 is 0 Å². The van der Waals surface area contributed by atoms with Crippen molar-refractivity contribution in [2.75, 3.05) is 11.9 Å². The third-order valence-corrected chi connectivity index (χ3v) is 3.71. The smallest absolute Gasteiger partial charge is 0.320 e. The van der Waals surface area contributed by atoms with Crippen molar-refractivity contribution in [2.45, 2.75) is 26.8 Å². The number of urea groups is 1. The highest BCUT2D eigenvalue weighted by Gasteiger charge is 2.08. The molecule has 0 aliphatic carbocycles. The van der Waals surface area contributed by atoms with E-state index in [0.717, 1.165) is 29.5 Å². The maximum absolute atomic E-state index is 12.0. The standard InChI is InChI=1S/C18H22N4O2/c1-13(2)12-22-17(6-9-20-22)21-18(23)19-8-5-14-3-4-16-15(11-14)7-10-24-16/h3-4,6-7,9-11,13H,5,8,12H2,1-2H3,(H2,19,21,23). The normalized spacial score (nSPS) is 11.1. The number of nitrogens with one attached hydrogen (secondary N) is 2. The summed E-state index contributed by atoms with van der Waals surface area (Å²) in [5, 5.41) is 11.0. The quantitative estimate of drug-likeness (QED) is 0.726. The number of rotatable bonds is 6. The Bertz CT molecular complexity index is 819. The van der Waals surface area contributed by atoms with Crippen LogP contribution in [0.25, 0.3) is 11.0 Å². The van der Waals surface area contributed by atoms with Crippen LogP contribution in [0.2, 0.25) is 0 Å². The van der Waals surface area contributed by atoms with Gasteiger partial charge < -0.3 is 9.73 Å². The topological polar surface area (TPSA) is 72.1 Å². The monoisotopic (exact) mass is 326 g/mol. The second-order valence-electron chi connectivity index (χ2n) is 6.22. The van der Waals surface area contributed by atoms with Crippen LogP contribution in [-0.4, -0.2) is 22.4 Å². The number of hydrogen-bond donors (Lipinski definition) is 2. The van der Waals surface area contributed by atoms with E-state index in [2.05, 4.69) is 35.6 Å². The summed E-state index contributed by atoms with van der Waals surface area (Å²) in [5.74, 6) is 1.17. The maximum Gasteiger partial charge on any atom is 0.320 e. The van der Waals surface area contributed by atoms with Crippen molar-refractivity contribution in [1.29, 1.82) is 0 Å². The van der Waals surface area contributed by atoms with Gasteiger partial charge in [-0.05, 0) is 36.1 Å². The van der Waals surface area contributed by atoms with E-state index in [1.165, 1.54) is 0 Å². The van der Waals surface area contributed by atoms with Gasteiger partial charge in [0.2, 0.25) is 0 Å². The summed E-state index contributed by atoms with van der Waals surface area (Å²) in [7, 11) is 0. The molecule has 0 fully saturated rings. The maximum atomic E-state index is 12.0. The number of benzene rings is 1. The Morgan fingerprint density at radius 2 is 2.17 bits per heavy atom. The molecule has 3 aromatic rings. The molecule has 6 nitrogen and oxygen atoms in total. The van der Waals surface area contributed by atoms with E-state index in [4.69, 9.17) is 4.42 Å². The summed E-state index contributed by atoms with van der Waals surface area (Å²) in [5.41, 5.74) is 2.04. The first-order valence-electron chi connectivity index (χ1n) is 8.14. The second-order valence-corrected chi connectivity index (χ2v) is 6.22. The van der Waals surface area contributed by atoms with Gasteiger partial charge in [-0.1, -0.05) is 19.9 Å². The van der Waals surface area contributed by atoms with Gasteiger partial charge in [-0.3, -0.25) is 5.32 Å². The van der Waals surface area contributed by atoms with Crippen LogP contribution < -0.4 is 10.6 Å². The van der Waals surface area contributed by atoms with E-state index in [0.29, 0.717) is 18.3 Å². The number of anilines is 1. The van der Waals surface area contributed by atoms with Crippen molar-refractivity contribution >= 4 is 22.8 Å². The lowest BCUT2D eigenvalue weighted by molar-refractivity contribution is 0.252. The van der Waals surface area contributed by atoms with Gasteiger partial charge in [-0.2, -0.15) is 5.10 Å². The fourth-order valence-electron chi connectivity index (χ4n) is 2.58. The zero-order chi connectivity index (χ0) is 16.9. The summed E-state index contributed by atoms with van der Waals surface area (Å²) in [6.45, 7) is 5.56. The summed E-state index contributed by atoms with van der Waals surface area (Å²) < 4.78 is 7.13. The van der Waals surface area contributed by atoms with E-state index in [1.807, 2.05) is 18.2 Å². The number of fused-ring (bicyclic) bond motifs is 1. The molecule has 0 saturated heterocycles. The van der Waals surface area contributed by atoms with Crippen LogP contribution >= 0.6 is 0 Å². The van der Waals surface area contributed by atoms with E-state index < -0.39 is 0 Å². The fourth-order valence-corrected chi connectivity index (χ4v) is 2.58. The third kappa shape index (κ3) is 3.95. The average molecular weight is 326 g/mol. The van der Waals surface area contributed by atoms with Crippen LogP contribution in [0, 0.1) is 5.92 Å². The van der Waals surface area contributed by atoms with Gasteiger partial charge >= 0.3 is 6.03 Å². The number of carbonyl (C=O) groups is 1. The molecule has 2 heterocycles. The predicted octanol–water partition coefficient (Wildman–Crippen LogP) is 3.65. The van der Waals surface area contributed by atoms with Gasteiger partial charge in [0.1, 0.15) is 11.4 Å². The average Bonchev–Trinajstić information content (AvgIpc) is 3.16. The van der Waals surface area contributed by atoms with E-state index in [1.54, 1.807) is 23.2 Å². The van der Waals surface area contributed by atoms with Gasteiger partial charge in [0, 0.05) is 24.5 Å². The van der Waals surface area contributed by atoms with E-state index in [9.17, 15) is 4.79 Å². The van der Waals surface area contributed by atoms with Crippen LogP contribution in [0.3, 0.4) is 0 Å². The van der Waals surface area contributed by atoms with Crippen molar-refractivity contribution in [1.82, 2.24) is 15.1 Å². The second kappa shape index (κ2) is 7.21. The SMILES string of the molecule is CC(C)Cn1nccc1NC(=O)NCCc1ccc2occc2c1. The van der Waals surface area contributed by atoms with Gasteiger partial charge in [0.05, 0.1) is 12.5 Å². The van der Waals surface area contributed by atoms with E-state index in [-0.39, 0.29) is 6.03 Å². The van der Waals surface area contributed by atoms with Crippen LogP contribution in [0.5, 0.6) is 0 Å². The lowest BCUT2D eigenvalue weighted by Gasteiger charge is -2.11. The molecular weight excluding hydrogens is 304 g/mol. The van der Waals surface area contributed by atoms with Crippen molar-refractivity contribution in [3.8, 4) is 0 Å². The van der Waals surface area contributed by atoms with Gasteiger partial charge in [0.15, 0.2) is 0 Å². The highest BCUT2D eigenvalue weighted by atomic mass is 16.3. The summed E-state index contributed by atoms with van der Waals surface area (Å²) >= 11 is 0. The first kappa shape index (κ1) is 16.1. The first-order valence-corrected chi connectivity index (χ1v) is 8.14. The molecule has 126 valence electrons. The number of carbonyl (C=O) groups excluding carboxylic acids is 1. The largest absolute Gasteiger partial charge is 0.464 e. The lowest BCUT2D eigenvalue weighted by atomic mass is 10.1. The molecule has 0 atom stereocenters. The molecule has 0 bridgehead atoms. The number of amides is 2. The summed E-state index contributed by atoms with van der Waals surface area (Å²) in [4.78, 5) is 12.0. The minimum atomic E-state index is -0.218. The van der Waals surface area contributed by atoms with Crippen molar-refractivity contribution in [3.05, 3.63) is 48.4 Å². The van der Waals surface area contributed by atoms with Crippen molar-refractivity contribution in [3.63, 3.8) is 0 Å². The zero-order valence-corrected chi connectivity index (χ0v) is 14.0. The molecule has 2 N–H and O–H groups in total. The van der Waals surface area contributed by atoms with Crippen LogP contribution in [0.15, 0.2) is 47.2 Å². The Labute approximate surface area is 140 Å². The van der Waals surface area contributed by atoms with Crippen LogP contribution in [0.4, 0.5) is 10.6 Å². The summed E-state index contributed by atoms with van der Waals surface area (Å²) in [6, 6.07) is 9.57. The minimum Gasteiger partial charge on any atom is -0.464 e. The van der Waals surface area contributed by atoms with Crippen molar-refractivity contribution < 1.29 is 9.21 Å². The molecule has 0 saturated carbocycles. The Kier molecular flexibility index (Phi) is 4.84. The molecule has 2 aromatic heterocycles. The molecule has 2 amide bonds. The van der Waals surface area contributed by atoms with Crippen LogP contribution in [-0.2, 0) is 13.0 Å². The Morgan fingerprint density at radius 3 is 3.00 bits per heavy atom. The number of nitrogens with zero attached hydrogens (tertiary/aromatic N) is 2. The lowest BCUT2D eigenvalue weighted by Crippen LogP contribution is -2.31. The first-order chi connectivity index (χ1) is 11.6. The zero-order valence-electron chi connectivity index (χ0n) is 14.0. The molecule has 24 heavy (non-hydrogen) atoms.